The zero-order valence-electron chi connectivity index (χ0n) is 14.2. The summed E-state index contributed by atoms with van der Waals surface area (Å²) in [5.74, 6) is -2.03. The molecule has 2 aromatic carbocycles. The number of benzene rings is 2. The van der Waals surface area contributed by atoms with Gasteiger partial charge in [0.25, 0.3) is 0 Å². The van der Waals surface area contributed by atoms with Gasteiger partial charge in [-0.2, -0.15) is 0 Å². The van der Waals surface area contributed by atoms with E-state index in [1.807, 2.05) is 12.1 Å². The summed E-state index contributed by atoms with van der Waals surface area (Å²) >= 11 is 0. The summed E-state index contributed by atoms with van der Waals surface area (Å²) in [6.45, 7) is 0. The third-order valence-corrected chi connectivity index (χ3v) is 6.45. The lowest BCUT2D eigenvalue weighted by atomic mass is 10.1. The highest BCUT2D eigenvalue weighted by molar-refractivity contribution is 8.76. The van der Waals surface area contributed by atoms with Crippen molar-refractivity contribution in [2.24, 2.45) is 0 Å². The molecule has 0 aliphatic carbocycles. The first-order valence-electron chi connectivity index (χ1n) is 8.11. The number of aromatic nitrogens is 2. The van der Waals surface area contributed by atoms with Crippen LogP contribution in [0.1, 0.15) is 20.7 Å². The van der Waals surface area contributed by atoms with E-state index >= 15 is 0 Å². The molecule has 0 fully saturated rings. The van der Waals surface area contributed by atoms with E-state index < -0.39 is 11.9 Å². The lowest BCUT2D eigenvalue weighted by molar-refractivity contribution is 0.0686. The van der Waals surface area contributed by atoms with E-state index in [0.717, 1.165) is 10.8 Å². The monoisotopic (exact) mass is 408 g/mol. The Morgan fingerprint density at radius 1 is 0.714 bits per heavy atom. The van der Waals surface area contributed by atoms with Crippen LogP contribution in [-0.4, -0.2) is 32.1 Å². The van der Waals surface area contributed by atoms with Gasteiger partial charge in [-0.05, 0) is 36.4 Å². The number of aromatic carboxylic acids is 2. The number of carbonyl (C=O) groups is 2. The van der Waals surface area contributed by atoms with Crippen LogP contribution in [0.15, 0.2) is 70.7 Å². The van der Waals surface area contributed by atoms with Crippen LogP contribution < -0.4 is 0 Å². The molecular formula is C20H12N2O4S2. The number of pyridine rings is 2. The third-order valence-electron chi connectivity index (χ3n) is 4.05. The van der Waals surface area contributed by atoms with E-state index in [9.17, 15) is 19.8 Å². The highest BCUT2D eigenvalue weighted by Crippen LogP contribution is 2.43. The van der Waals surface area contributed by atoms with Crippen LogP contribution in [0.25, 0.3) is 21.8 Å². The zero-order valence-corrected chi connectivity index (χ0v) is 15.8. The van der Waals surface area contributed by atoms with Gasteiger partial charge in [-0.15, -0.1) is 0 Å². The molecular weight excluding hydrogens is 396 g/mol. The molecule has 8 heteroatoms. The van der Waals surface area contributed by atoms with E-state index in [2.05, 4.69) is 9.97 Å². The first-order valence-corrected chi connectivity index (χ1v) is 10.3. The molecule has 28 heavy (non-hydrogen) atoms. The molecule has 2 N–H and O–H groups in total. The highest BCUT2D eigenvalue weighted by Gasteiger charge is 2.14. The molecule has 2 aromatic heterocycles. The van der Waals surface area contributed by atoms with Crippen LogP contribution in [0.2, 0.25) is 0 Å². The summed E-state index contributed by atoms with van der Waals surface area (Å²) < 4.78 is 0. The van der Waals surface area contributed by atoms with E-state index in [0.29, 0.717) is 20.8 Å². The van der Waals surface area contributed by atoms with Gasteiger partial charge < -0.3 is 10.2 Å². The second-order valence-corrected chi connectivity index (χ2v) is 8.09. The number of hydrogen-bond acceptors (Lipinski definition) is 6. The van der Waals surface area contributed by atoms with Gasteiger partial charge in [0.2, 0.25) is 0 Å². The largest absolute Gasteiger partial charge is 0.478 e. The maximum Gasteiger partial charge on any atom is 0.335 e. The minimum Gasteiger partial charge on any atom is -0.478 e. The summed E-state index contributed by atoms with van der Waals surface area (Å²) in [7, 11) is 2.66. The Bertz CT molecular complexity index is 1150. The molecule has 4 rings (SSSR count). The van der Waals surface area contributed by atoms with Crippen LogP contribution in [0.3, 0.4) is 0 Å². The molecule has 6 nitrogen and oxygen atoms in total. The van der Waals surface area contributed by atoms with Gasteiger partial charge in [0.15, 0.2) is 0 Å². The van der Waals surface area contributed by atoms with Gasteiger partial charge in [0.1, 0.15) is 0 Å². The molecule has 2 heterocycles. The fourth-order valence-electron chi connectivity index (χ4n) is 2.78. The second-order valence-electron chi connectivity index (χ2n) is 5.88. The molecule has 0 radical (unpaired) electrons. The summed E-state index contributed by atoms with van der Waals surface area (Å²) in [4.78, 5) is 33.0. The predicted octanol–water partition coefficient (Wildman–Crippen LogP) is 4.98. The second kappa shape index (κ2) is 7.49. The van der Waals surface area contributed by atoms with Crippen LogP contribution >= 0.6 is 21.6 Å². The van der Waals surface area contributed by atoms with Crippen LogP contribution in [0, 0.1) is 0 Å². The molecule has 0 atom stereocenters. The lowest BCUT2D eigenvalue weighted by Gasteiger charge is -2.09. The van der Waals surface area contributed by atoms with Gasteiger partial charge in [-0.1, -0.05) is 33.7 Å². The number of nitrogens with zero attached hydrogens (tertiary/aromatic N) is 2. The molecule has 0 saturated carbocycles. The SMILES string of the molecule is O=C(O)c1cc(SSc2cc(C(=O)O)cc3cccnc23)c2ncccc2c1. The van der Waals surface area contributed by atoms with Crippen molar-refractivity contribution in [1.29, 1.82) is 0 Å². The Labute approximate surface area is 167 Å². The van der Waals surface area contributed by atoms with Crippen molar-refractivity contribution in [3.05, 3.63) is 72.1 Å². The molecule has 0 unspecified atom stereocenters. The Balaban J connectivity index is 1.78. The Morgan fingerprint density at radius 2 is 1.14 bits per heavy atom. The average Bonchev–Trinajstić information content (AvgIpc) is 2.71. The number of hydrogen-bond donors (Lipinski definition) is 2. The molecule has 0 aliphatic rings. The summed E-state index contributed by atoms with van der Waals surface area (Å²) in [6.07, 6.45) is 3.30. The fourth-order valence-corrected chi connectivity index (χ4v) is 5.11. The lowest BCUT2D eigenvalue weighted by Crippen LogP contribution is -1.97. The van der Waals surface area contributed by atoms with Crippen molar-refractivity contribution in [2.45, 2.75) is 9.79 Å². The molecule has 138 valence electrons. The molecule has 0 amide bonds. The van der Waals surface area contributed by atoms with E-state index in [1.165, 1.54) is 21.6 Å². The van der Waals surface area contributed by atoms with Crippen molar-refractivity contribution in [2.75, 3.05) is 0 Å². The van der Waals surface area contributed by atoms with Gasteiger partial charge in [0, 0.05) is 33.0 Å². The Kier molecular flexibility index (Phi) is 4.89. The number of carboxylic acid groups (broad SMARTS) is 2. The Morgan fingerprint density at radius 3 is 1.54 bits per heavy atom. The van der Waals surface area contributed by atoms with Crippen molar-refractivity contribution in [3.8, 4) is 0 Å². The van der Waals surface area contributed by atoms with Crippen LogP contribution in [0.5, 0.6) is 0 Å². The predicted molar refractivity (Wildman–Crippen MR) is 109 cm³/mol. The topological polar surface area (TPSA) is 100 Å². The standard InChI is InChI=1S/C20H12N2O4S2/c23-19(24)13-7-11-3-1-5-21-17(11)15(9-13)27-28-16-10-14(20(25)26)8-12-4-2-6-22-18(12)16/h1-10H,(H,23,24)(H,25,26). The van der Waals surface area contributed by atoms with Crippen molar-refractivity contribution < 1.29 is 19.8 Å². The molecule has 0 bridgehead atoms. The van der Waals surface area contributed by atoms with Crippen molar-refractivity contribution in [3.63, 3.8) is 0 Å². The fraction of sp³-hybridized carbons (Fsp3) is 0. The van der Waals surface area contributed by atoms with Crippen molar-refractivity contribution >= 4 is 55.3 Å². The quantitative estimate of drug-likeness (QED) is 0.446. The summed E-state index contributed by atoms with van der Waals surface area (Å²) in [5, 5.41) is 20.2. The molecule has 4 aromatic rings. The van der Waals surface area contributed by atoms with Gasteiger partial charge >= 0.3 is 11.9 Å². The van der Waals surface area contributed by atoms with Gasteiger partial charge in [-0.3, -0.25) is 9.97 Å². The third kappa shape index (κ3) is 3.51. The van der Waals surface area contributed by atoms with Crippen LogP contribution in [-0.2, 0) is 0 Å². The first kappa shape index (κ1) is 18.3. The zero-order chi connectivity index (χ0) is 19.7. The first-order chi connectivity index (χ1) is 13.5. The normalized spacial score (nSPS) is 11.0. The van der Waals surface area contributed by atoms with E-state index in [-0.39, 0.29) is 11.1 Å². The van der Waals surface area contributed by atoms with Crippen molar-refractivity contribution in [1.82, 2.24) is 9.97 Å². The smallest absolute Gasteiger partial charge is 0.335 e. The maximum atomic E-state index is 11.5. The van der Waals surface area contributed by atoms with E-state index in [4.69, 9.17) is 0 Å². The minimum atomic E-state index is -1.02. The molecule has 0 saturated heterocycles. The average molecular weight is 408 g/mol. The van der Waals surface area contributed by atoms with Gasteiger partial charge in [0.05, 0.1) is 22.2 Å². The number of fused-ring (bicyclic) bond motifs is 2. The summed E-state index contributed by atoms with van der Waals surface area (Å²) in [5.41, 5.74) is 1.73. The molecule has 0 spiro atoms. The minimum absolute atomic E-state index is 0.172. The maximum absolute atomic E-state index is 11.5. The number of carboxylic acids is 2. The summed E-state index contributed by atoms with van der Waals surface area (Å²) in [6, 6.07) is 13.4. The molecule has 0 aliphatic heterocycles. The van der Waals surface area contributed by atoms with E-state index in [1.54, 1.807) is 48.8 Å². The highest BCUT2D eigenvalue weighted by atomic mass is 33.1. The van der Waals surface area contributed by atoms with Crippen LogP contribution in [0.4, 0.5) is 0 Å². The number of rotatable bonds is 5. The van der Waals surface area contributed by atoms with Gasteiger partial charge in [-0.25, -0.2) is 9.59 Å². The Hall–Kier alpha value is -3.10.